The second-order valence-corrected chi connectivity index (χ2v) is 13.6. The molecule has 2 aromatic rings. The van der Waals surface area contributed by atoms with E-state index in [1.807, 2.05) is 30.3 Å². The van der Waals surface area contributed by atoms with E-state index in [-0.39, 0.29) is 5.97 Å². The number of nitrogens with zero attached hydrogens (tertiary/aromatic N) is 1. The van der Waals surface area contributed by atoms with Crippen LogP contribution in [0.5, 0.6) is 0 Å². The molecule has 0 saturated carbocycles. The summed E-state index contributed by atoms with van der Waals surface area (Å²) in [6.07, 6.45) is 2.98. The highest BCUT2D eigenvalue weighted by Crippen LogP contribution is 2.43. The van der Waals surface area contributed by atoms with Gasteiger partial charge in [0, 0.05) is 18.0 Å². The van der Waals surface area contributed by atoms with Crippen molar-refractivity contribution >= 4 is 14.3 Å². The zero-order valence-electron chi connectivity index (χ0n) is 17.9. The van der Waals surface area contributed by atoms with Gasteiger partial charge < -0.3 is 9.16 Å². The Morgan fingerprint density at radius 2 is 1.54 bits per heavy atom. The average molecular weight is 400 g/mol. The first-order chi connectivity index (χ1) is 13.3. The van der Waals surface area contributed by atoms with Crippen LogP contribution in [-0.2, 0) is 9.16 Å². The van der Waals surface area contributed by atoms with Gasteiger partial charge in [-0.05, 0) is 34.8 Å². The number of hydrogen-bond acceptors (Lipinski definition) is 4. The summed E-state index contributed by atoms with van der Waals surface area (Å²) in [5.74, 6) is -0.344. The Morgan fingerprint density at radius 1 is 0.929 bits per heavy atom. The molecule has 0 bridgehead atoms. The fourth-order valence-corrected chi connectivity index (χ4v) is 9.70. The van der Waals surface area contributed by atoms with Crippen molar-refractivity contribution in [2.24, 2.45) is 0 Å². The summed E-state index contributed by atoms with van der Waals surface area (Å²) in [6, 6.07) is 12.9. The van der Waals surface area contributed by atoms with Gasteiger partial charge in [0.25, 0.3) is 0 Å². The maximum absolute atomic E-state index is 12.7. The Morgan fingerprint density at radius 3 is 2.04 bits per heavy atom. The lowest BCUT2D eigenvalue weighted by atomic mass is 10.1. The van der Waals surface area contributed by atoms with Gasteiger partial charge in [0.05, 0.1) is 12.2 Å². The van der Waals surface area contributed by atoms with Crippen molar-refractivity contribution in [3.8, 4) is 0 Å². The van der Waals surface area contributed by atoms with Gasteiger partial charge in [0.2, 0.25) is 8.32 Å². The van der Waals surface area contributed by atoms with Gasteiger partial charge in [-0.1, -0.05) is 65.8 Å². The molecule has 0 radical (unpaired) electrons. The van der Waals surface area contributed by atoms with Crippen molar-refractivity contribution in [2.75, 3.05) is 6.61 Å². The number of benzene rings is 1. The van der Waals surface area contributed by atoms with E-state index in [4.69, 9.17) is 9.16 Å². The van der Waals surface area contributed by atoms with E-state index in [2.05, 4.69) is 46.5 Å². The lowest BCUT2D eigenvalue weighted by Gasteiger charge is -2.42. The van der Waals surface area contributed by atoms with Gasteiger partial charge in [-0.25, -0.2) is 4.79 Å². The van der Waals surface area contributed by atoms with Crippen LogP contribution >= 0.6 is 0 Å². The molecule has 1 atom stereocenters. The summed E-state index contributed by atoms with van der Waals surface area (Å²) in [6.45, 7) is 13.9. The van der Waals surface area contributed by atoms with Crippen LogP contribution in [0.4, 0.5) is 0 Å². The van der Waals surface area contributed by atoms with E-state index in [0.29, 0.717) is 28.8 Å². The lowest BCUT2D eigenvalue weighted by Crippen LogP contribution is -2.48. The Hall–Kier alpha value is -1.98. The normalized spacial score (nSPS) is 13.2. The molecule has 0 aliphatic rings. The van der Waals surface area contributed by atoms with Crippen LogP contribution in [0.2, 0.25) is 16.6 Å². The summed E-state index contributed by atoms with van der Waals surface area (Å²) in [5.41, 5.74) is 2.79. The molecule has 2 rings (SSSR count). The Labute approximate surface area is 170 Å². The second-order valence-electron chi connectivity index (χ2n) is 8.17. The van der Waals surface area contributed by atoms with Crippen molar-refractivity contribution < 1.29 is 14.0 Å². The van der Waals surface area contributed by atoms with Crippen molar-refractivity contribution in [3.05, 3.63) is 66.0 Å². The van der Waals surface area contributed by atoms with Crippen LogP contribution in [0.1, 0.15) is 63.6 Å². The molecule has 5 heteroatoms. The van der Waals surface area contributed by atoms with Crippen LogP contribution in [0.25, 0.3) is 0 Å². The second kappa shape index (κ2) is 9.98. The molecule has 0 aliphatic heterocycles. The minimum atomic E-state index is -2.07. The fourth-order valence-electron chi connectivity index (χ4n) is 4.26. The zero-order valence-corrected chi connectivity index (χ0v) is 18.9. The maximum atomic E-state index is 12.7. The first kappa shape index (κ1) is 22.3. The Kier molecular flexibility index (Phi) is 7.95. The fraction of sp³-hybridized carbons (Fsp3) is 0.478. The molecule has 28 heavy (non-hydrogen) atoms. The van der Waals surface area contributed by atoms with E-state index >= 15 is 0 Å². The number of carbonyl (C=O) groups excluding carboxylic acids is 1. The summed E-state index contributed by atoms with van der Waals surface area (Å²) in [7, 11) is -2.07. The standard InChI is InChI=1S/C23H33NO3Si/c1-17(2)28(18(3)4,19(5)6)26-16-22(21-13-10-14-24-15-21)27-23(25)20-11-8-7-9-12-20/h7-15,17-19,22H,16H2,1-6H3/t22-/m1/s1. The van der Waals surface area contributed by atoms with Gasteiger partial charge in [-0.3, -0.25) is 4.98 Å². The van der Waals surface area contributed by atoms with E-state index < -0.39 is 14.4 Å². The predicted octanol–water partition coefficient (Wildman–Crippen LogP) is 6.17. The zero-order chi connectivity index (χ0) is 20.7. The maximum Gasteiger partial charge on any atom is 0.338 e. The first-order valence-corrected chi connectivity index (χ1v) is 12.2. The quantitative estimate of drug-likeness (QED) is 0.373. The van der Waals surface area contributed by atoms with Gasteiger partial charge in [0.1, 0.15) is 0 Å². The molecule has 1 heterocycles. The summed E-state index contributed by atoms with van der Waals surface area (Å²) >= 11 is 0. The summed E-state index contributed by atoms with van der Waals surface area (Å²) in [5, 5.41) is 0. The highest BCUT2D eigenvalue weighted by atomic mass is 28.4. The van der Waals surface area contributed by atoms with Crippen LogP contribution < -0.4 is 0 Å². The smallest absolute Gasteiger partial charge is 0.338 e. The molecule has 0 N–H and O–H groups in total. The third-order valence-corrected chi connectivity index (χ3v) is 11.6. The molecule has 4 nitrogen and oxygen atoms in total. The number of hydrogen-bond donors (Lipinski definition) is 0. The van der Waals surface area contributed by atoms with E-state index in [1.165, 1.54) is 0 Å². The van der Waals surface area contributed by atoms with Crippen LogP contribution in [0.3, 0.4) is 0 Å². The summed E-state index contributed by atoms with van der Waals surface area (Å²) < 4.78 is 12.6. The molecule has 152 valence electrons. The van der Waals surface area contributed by atoms with E-state index in [1.54, 1.807) is 24.5 Å². The molecule has 0 spiro atoms. The van der Waals surface area contributed by atoms with Gasteiger partial charge >= 0.3 is 5.97 Å². The van der Waals surface area contributed by atoms with Crippen LogP contribution in [-0.4, -0.2) is 25.9 Å². The molecular formula is C23H33NO3Si. The molecule has 0 saturated heterocycles. The van der Waals surface area contributed by atoms with E-state index in [0.717, 1.165) is 5.56 Å². The minimum Gasteiger partial charge on any atom is -0.451 e. The molecule has 1 aromatic heterocycles. The highest BCUT2D eigenvalue weighted by molar-refractivity contribution is 6.77. The molecular weight excluding hydrogens is 366 g/mol. The van der Waals surface area contributed by atoms with Crippen LogP contribution in [0, 0.1) is 0 Å². The van der Waals surface area contributed by atoms with Gasteiger partial charge in [0.15, 0.2) is 6.10 Å². The highest BCUT2D eigenvalue weighted by Gasteiger charge is 2.45. The minimum absolute atomic E-state index is 0.344. The van der Waals surface area contributed by atoms with Gasteiger partial charge in [-0.15, -0.1) is 0 Å². The largest absolute Gasteiger partial charge is 0.451 e. The molecule has 0 unspecified atom stereocenters. The average Bonchev–Trinajstić information content (AvgIpc) is 2.68. The third-order valence-electron chi connectivity index (χ3n) is 5.51. The first-order valence-electron chi connectivity index (χ1n) is 10.1. The number of carbonyl (C=O) groups is 1. The SMILES string of the molecule is CC(C)[Si](OC[C@@H](OC(=O)c1ccccc1)c1cccnc1)(C(C)C)C(C)C. The van der Waals surface area contributed by atoms with Crippen molar-refractivity contribution in [1.82, 2.24) is 4.98 Å². The summed E-state index contributed by atoms with van der Waals surface area (Å²) in [4.78, 5) is 16.9. The predicted molar refractivity (Wildman–Crippen MR) is 116 cm³/mol. The topological polar surface area (TPSA) is 48.4 Å². The Bertz CT molecular complexity index is 710. The number of rotatable bonds is 9. The number of ether oxygens (including phenoxy) is 1. The number of pyridine rings is 1. The molecule has 0 amide bonds. The molecule has 1 aromatic carbocycles. The van der Waals surface area contributed by atoms with Crippen LogP contribution in [0.15, 0.2) is 54.9 Å². The molecule has 0 aliphatic carbocycles. The number of esters is 1. The number of aromatic nitrogens is 1. The van der Waals surface area contributed by atoms with Crippen molar-refractivity contribution in [1.29, 1.82) is 0 Å². The van der Waals surface area contributed by atoms with Crippen molar-refractivity contribution in [3.63, 3.8) is 0 Å². The third kappa shape index (κ3) is 5.09. The lowest BCUT2D eigenvalue weighted by molar-refractivity contribution is 0.0144. The van der Waals surface area contributed by atoms with E-state index in [9.17, 15) is 4.79 Å². The Balaban J connectivity index is 2.26. The van der Waals surface area contributed by atoms with Gasteiger partial charge in [-0.2, -0.15) is 0 Å². The van der Waals surface area contributed by atoms with Crippen molar-refractivity contribution in [2.45, 2.75) is 64.3 Å². The monoisotopic (exact) mass is 399 g/mol. The molecule has 0 fully saturated rings.